The van der Waals surface area contributed by atoms with Crippen molar-refractivity contribution in [1.29, 1.82) is 0 Å². The first-order chi connectivity index (χ1) is 10.8. The number of phenols is 1. The molecule has 2 N–H and O–H groups in total. The van der Waals surface area contributed by atoms with Crippen LogP contribution in [0.4, 0.5) is 5.69 Å². The fraction of sp³-hybridized carbons (Fsp3) is 0.333. The van der Waals surface area contributed by atoms with Gasteiger partial charge in [-0.2, -0.15) is 0 Å². The van der Waals surface area contributed by atoms with Crippen molar-refractivity contribution in [3.63, 3.8) is 0 Å². The van der Waals surface area contributed by atoms with E-state index >= 15 is 0 Å². The Morgan fingerprint density at radius 2 is 2.00 bits per heavy atom. The number of nitrogens with one attached hydrogen (secondary N) is 1. The van der Waals surface area contributed by atoms with Gasteiger partial charge in [-0.05, 0) is 36.9 Å². The van der Waals surface area contributed by atoms with Crippen molar-refractivity contribution in [2.75, 3.05) is 24.1 Å². The van der Waals surface area contributed by atoms with Crippen molar-refractivity contribution in [2.24, 2.45) is 0 Å². The third-order valence-corrected chi connectivity index (χ3v) is 5.66. The Morgan fingerprint density at radius 3 is 2.65 bits per heavy atom. The molecule has 2 aromatic carbocycles. The number of hydrogen-bond acceptors (Lipinski definition) is 5. The largest absolute Gasteiger partial charge is 0.506 e. The average molecular weight is 373 g/mol. The summed E-state index contributed by atoms with van der Waals surface area (Å²) in [6.07, 6.45) is 3.38. The molecular formula is C15H17ClN2O3S2. The SMILES string of the molecule is CS(=O)(=O)Nc1cccc2c(O)c(SN3CCCC3)cc(Cl)c12. The van der Waals surface area contributed by atoms with Crippen LogP contribution >= 0.6 is 23.5 Å². The minimum Gasteiger partial charge on any atom is -0.506 e. The van der Waals surface area contributed by atoms with Crippen molar-refractivity contribution in [1.82, 2.24) is 4.31 Å². The van der Waals surface area contributed by atoms with Crippen LogP contribution < -0.4 is 4.72 Å². The number of anilines is 1. The number of nitrogens with zero attached hydrogens (tertiary/aromatic N) is 1. The Kier molecular flexibility index (Phi) is 4.64. The van der Waals surface area contributed by atoms with E-state index in [2.05, 4.69) is 9.03 Å². The molecular weight excluding hydrogens is 356 g/mol. The minimum absolute atomic E-state index is 0.124. The summed E-state index contributed by atoms with van der Waals surface area (Å²) in [4.78, 5) is 0.681. The molecule has 0 atom stereocenters. The molecule has 8 heteroatoms. The van der Waals surface area contributed by atoms with Gasteiger partial charge in [-0.1, -0.05) is 23.7 Å². The van der Waals surface area contributed by atoms with Gasteiger partial charge in [-0.15, -0.1) is 0 Å². The number of hydrogen-bond donors (Lipinski definition) is 2. The van der Waals surface area contributed by atoms with Gasteiger partial charge < -0.3 is 5.11 Å². The quantitative estimate of drug-likeness (QED) is 0.801. The molecule has 1 saturated heterocycles. The van der Waals surface area contributed by atoms with Gasteiger partial charge in [-0.25, -0.2) is 12.7 Å². The molecule has 0 radical (unpaired) electrons. The van der Waals surface area contributed by atoms with E-state index < -0.39 is 10.0 Å². The van der Waals surface area contributed by atoms with Crippen LogP contribution in [0.25, 0.3) is 10.8 Å². The van der Waals surface area contributed by atoms with Gasteiger partial charge in [0.05, 0.1) is 21.9 Å². The summed E-state index contributed by atoms with van der Waals surface area (Å²) in [5, 5.41) is 12.0. The Hall–Kier alpha value is -1.15. The topological polar surface area (TPSA) is 69.6 Å². The summed E-state index contributed by atoms with van der Waals surface area (Å²) in [7, 11) is -3.43. The molecule has 0 bridgehead atoms. The monoisotopic (exact) mass is 372 g/mol. The number of halogens is 1. The Balaban J connectivity index is 2.09. The summed E-state index contributed by atoms with van der Waals surface area (Å²) in [6.45, 7) is 1.96. The Morgan fingerprint density at radius 1 is 1.30 bits per heavy atom. The zero-order chi connectivity index (χ0) is 16.6. The highest BCUT2D eigenvalue weighted by atomic mass is 35.5. The first-order valence-electron chi connectivity index (χ1n) is 7.20. The summed E-state index contributed by atoms with van der Waals surface area (Å²) < 4.78 is 27.7. The van der Waals surface area contributed by atoms with E-state index in [0.29, 0.717) is 26.4 Å². The van der Waals surface area contributed by atoms with Crippen LogP contribution in [0.2, 0.25) is 5.02 Å². The van der Waals surface area contributed by atoms with Crippen molar-refractivity contribution < 1.29 is 13.5 Å². The maximum absolute atomic E-state index is 11.5. The van der Waals surface area contributed by atoms with Crippen LogP contribution in [0.15, 0.2) is 29.2 Å². The summed E-state index contributed by atoms with van der Waals surface area (Å²) in [6, 6.07) is 6.74. The van der Waals surface area contributed by atoms with Gasteiger partial charge in [0.15, 0.2) is 0 Å². The highest BCUT2D eigenvalue weighted by Crippen LogP contribution is 2.43. The fourth-order valence-corrected chi connectivity index (χ4v) is 4.70. The molecule has 1 aliphatic rings. The van der Waals surface area contributed by atoms with Gasteiger partial charge in [0.25, 0.3) is 0 Å². The van der Waals surface area contributed by atoms with Crippen LogP contribution in [0.5, 0.6) is 5.75 Å². The second-order valence-corrected chi connectivity index (χ2v) is 8.83. The molecule has 0 spiro atoms. The van der Waals surface area contributed by atoms with E-state index in [1.807, 2.05) is 0 Å². The van der Waals surface area contributed by atoms with E-state index in [4.69, 9.17) is 11.6 Å². The highest BCUT2D eigenvalue weighted by Gasteiger charge is 2.19. The van der Waals surface area contributed by atoms with E-state index in [1.165, 1.54) is 11.9 Å². The van der Waals surface area contributed by atoms with Crippen LogP contribution in [0.3, 0.4) is 0 Å². The summed E-state index contributed by atoms with van der Waals surface area (Å²) >= 11 is 7.86. The lowest BCUT2D eigenvalue weighted by atomic mass is 10.1. The third-order valence-electron chi connectivity index (χ3n) is 3.64. The number of phenolic OH excluding ortho intramolecular Hbond substituents is 1. The first-order valence-corrected chi connectivity index (χ1v) is 10.2. The van der Waals surface area contributed by atoms with E-state index in [-0.39, 0.29) is 5.75 Å². The number of benzene rings is 2. The second kappa shape index (κ2) is 6.39. The lowest BCUT2D eigenvalue weighted by Crippen LogP contribution is -2.10. The highest BCUT2D eigenvalue weighted by molar-refractivity contribution is 7.97. The zero-order valence-corrected chi connectivity index (χ0v) is 14.9. The van der Waals surface area contributed by atoms with Gasteiger partial charge in [0.1, 0.15) is 5.75 Å². The second-order valence-electron chi connectivity index (χ2n) is 5.53. The summed E-state index contributed by atoms with van der Waals surface area (Å²) in [5.41, 5.74) is 0.364. The molecule has 23 heavy (non-hydrogen) atoms. The van der Waals surface area contributed by atoms with E-state index in [0.717, 1.165) is 32.2 Å². The number of rotatable bonds is 4. The Bertz CT molecular complexity index is 849. The molecule has 3 rings (SSSR count). The molecule has 0 aliphatic carbocycles. The lowest BCUT2D eigenvalue weighted by molar-refractivity contribution is 0.467. The first kappa shape index (κ1) is 16.7. The molecule has 1 aliphatic heterocycles. The molecule has 0 saturated carbocycles. The smallest absolute Gasteiger partial charge is 0.229 e. The zero-order valence-electron chi connectivity index (χ0n) is 12.5. The van der Waals surface area contributed by atoms with Crippen molar-refractivity contribution >= 4 is 50.0 Å². The van der Waals surface area contributed by atoms with Crippen LogP contribution in [-0.4, -0.2) is 37.2 Å². The molecule has 1 fully saturated rings. The van der Waals surface area contributed by atoms with Crippen molar-refractivity contribution in [3.05, 3.63) is 29.3 Å². The van der Waals surface area contributed by atoms with Crippen LogP contribution in [0.1, 0.15) is 12.8 Å². The molecule has 0 aromatic heterocycles. The van der Waals surface area contributed by atoms with Crippen molar-refractivity contribution in [2.45, 2.75) is 17.7 Å². The van der Waals surface area contributed by atoms with E-state index in [1.54, 1.807) is 24.3 Å². The average Bonchev–Trinajstić information content (AvgIpc) is 2.95. The van der Waals surface area contributed by atoms with Gasteiger partial charge in [0, 0.05) is 23.9 Å². The molecule has 5 nitrogen and oxygen atoms in total. The van der Waals surface area contributed by atoms with Gasteiger partial charge in [-0.3, -0.25) is 4.72 Å². The van der Waals surface area contributed by atoms with Crippen LogP contribution in [0, 0.1) is 0 Å². The number of sulfonamides is 1. The maximum atomic E-state index is 11.5. The Labute approximate surface area is 144 Å². The lowest BCUT2D eigenvalue weighted by Gasteiger charge is -2.17. The summed E-state index contributed by atoms with van der Waals surface area (Å²) in [5.74, 6) is 0.124. The molecule has 2 aromatic rings. The third kappa shape index (κ3) is 3.68. The molecule has 124 valence electrons. The molecule has 0 amide bonds. The van der Waals surface area contributed by atoms with Gasteiger partial charge >= 0.3 is 0 Å². The van der Waals surface area contributed by atoms with E-state index in [9.17, 15) is 13.5 Å². The number of aromatic hydroxyl groups is 1. The molecule has 1 heterocycles. The van der Waals surface area contributed by atoms with Gasteiger partial charge in [0.2, 0.25) is 10.0 Å². The maximum Gasteiger partial charge on any atom is 0.229 e. The fourth-order valence-electron chi connectivity index (χ4n) is 2.67. The van der Waals surface area contributed by atoms with Crippen molar-refractivity contribution in [3.8, 4) is 5.75 Å². The number of fused-ring (bicyclic) bond motifs is 1. The molecule has 0 unspecified atom stereocenters. The van der Waals surface area contributed by atoms with Crippen LogP contribution in [-0.2, 0) is 10.0 Å². The predicted molar refractivity (Wildman–Crippen MR) is 95.8 cm³/mol. The standard InChI is InChI=1S/C15H17ClN2O3S2/c1-23(20,21)17-12-6-4-5-10-14(12)11(16)9-13(15(10)19)22-18-7-2-3-8-18/h4-6,9,17,19H,2-3,7-8H2,1H3. The normalized spacial score (nSPS) is 16.1. The minimum atomic E-state index is -3.43. The predicted octanol–water partition coefficient (Wildman–Crippen LogP) is 3.67.